The van der Waals surface area contributed by atoms with Crippen LogP contribution in [0.15, 0.2) is 29.1 Å². The number of amides is 2. The summed E-state index contributed by atoms with van der Waals surface area (Å²) in [5.41, 5.74) is 4.11. The van der Waals surface area contributed by atoms with Gasteiger partial charge in [-0.3, -0.25) is 9.59 Å². The first-order valence-electron chi connectivity index (χ1n) is 7.25. The lowest BCUT2D eigenvalue weighted by Crippen LogP contribution is -2.28. The van der Waals surface area contributed by atoms with Gasteiger partial charge in [-0.05, 0) is 37.5 Å². The first kappa shape index (κ1) is 14.7. The highest BCUT2D eigenvalue weighted by atomic mass is 32.1. The molecule has 2 aromatic rings. The van der Waals surface area contributed by atoms with Crippen LogP contribution >= 0.6 is 11.3 Å². The van der Waals surface area contributed by atoms with Crippen LogP contribution in [0.5, 0.6) is 0 Å². The van der Waals surface area contributed by atoms with E-state index in [1.807, 2.05) is 17.9 Å². The summed E-state index contributed by atoms with van der Waals surface area (Å²) < 4.78 is 0. The molecule has 1 N–H and O–H groups in total. The molecular weight excluding hydrogens is 298 g/mol. The number of carbonyl (C=O) groups is 2. The number of likely N-dealkylation sites (tertiary alicyclic amines) is 1. The van der Waals surface area contributed by atoms with E-state index in [0.29, 0.717) is 16.9 Å². The minimum absolute atomic E-state index is 0.0414. The summed E-state index contributed by atoms with van der Waals surface area (Å²) in [4.78, 5) is 30.5. The Balaban J connectivity index is 1.82. The number of nitrogens with zero attached hydrogens (tertiary/aromatic N) is 2. The van der Waals surface area contributed by atoms with Gasteiger partial charge in [-0.2, -0.15) is 0 Å². The molecule has 1 aliphatic heterocycles. The van der Waals surface area contributed by atoms with Gasteiger partial charge in [0.15, 0.2) is 0 Å². The molecule has 0 radical (unpaired) electrons. The number of aromatic nitrogens is 1. The Bertz CT molecular complexity index is 691. The quantitative estimate of drug-likeness (QED) is 0.947. The van der Waals surface area contributed by atoms with Crippen molar-refractivity contribution in [3.05, 3.63) is 45.9 Å². The normalized spacial score (nSPS) is 14.1. The second-order valence-electron chi connectivity index (χ2n) is 5.31. The lowest BCUT2D eigenvalue weighted by molar-refractivity contribution is 0.0791. The van der Waals surface area contributed by atoms with E-state index in [1.165, 1.54) is 11.3 Å². The summed E-state index contributed by atoms with van der Waals surface area (Å²) in [6.07, 6.45) is 2.12. The fourth-order valence-corrected chi connectivity index (χ4v) is 3.14. The molecule has 1 aliphatic rings. The van der Waals surface area contributed by atoms with Crippen molar-refractivity contribution in [1.82, 2.24) is 9.88 Å². The average Bonchev–Trinajstić information content (AvgIpc) is 3.22. The predicted octanol–water partition coefficient (Wildman–Crippen LogP) is 2.94. The zero-order valence-electron chi connectivity index (χ0n) is 12.3. The largest absolute Gasteiger partial charge is 0.339 e. The number of nitrogens with one attached hydrogen (secondary N) is 1. The summed E-state index contributed by atoms with van der Waals surface area (Å²) in [6, 6.07) is 5.42. The second kappa shape index (κ2) is 6.27. The van der Waals surface area contributed by atoms with Gasteiger partial charge >= 0.3 is 0 Å². The van der Waals surface area contributed by atoms with Crippen molar-refractivity contribution in [2.45, 2.75) is 19.8 Å². The molecule has 1 aromatic carbocycles. The molecule has 0 spiro atoms. The van der Waals surface area contributed by atoms with Crippen molar-refractivity contribution in [3.8, 4) is 0 Å². The van der Waals surface area contributed by atoms with E-state index in [1.54, 1.807) is 23.0 Å². The van der Waals surface area contributed by atoms with E-state index in [9.17, 15) is 9.59 Å². The summed E-state index contributed by atoms with van der Waals surface area (Å²) in [5.74, 6) is -0.213. The standard InChI is InChI=1S/C16H17N3O2S/c1-11-12(16(21)19-7-2-3-8-19)5-4-6-13(11)18-15(20)14-9-22-10-17-14/h4-6,9-10H,2-3,7-8H2,1H3,(H,18,20). The lowest BCUT2D eigenvalue weighted by atomic mass is 10.1. The summed E-state index contributed by atoms with van der Waals surface area (Å²) in [6.45, 7) is 3.49. The molecule has 0 saturated carbocycles. The number of anilines is 1. The summed E-state index contributed by atoms with van der Waals surface area (Å²) >= 11 is 1.37. The van der Waals surface area contributed by atoms with Crippen LogP contribution in [0.1, 0.15) is 39.3 Å². The maximum absolute atomic E-state index is 12.5. The Morgan fingerprint density at radius 3 is 2.73 bits per heavy atom. The van der Waals surface area contributed by atoms with Gasteiger partial charge in [-0.15, -0.1) is 11.3 Å². The first-order chi connectivity index (χ1) is 10.7. The molecule has 2 amide bonds. The van der Waals surface area contributed by atoms with Crippen molar-refractivity contribution >= 4 is 28.8 Å². The Labute approximate surface area is 133 Å². The van der Waals surface area contributed by atoms with E-state index >= 15 is 0 Å². The zero-order valence-corrected chi connectivity index (χ0v) is 13.2. The smallest absolute Gasteiger partial charge is 0.275 e. The number of carbonyl (C=O) groups excluding carboxylic acids is 2. The first-order valence-corrected chi connectivity index (χ1v) is 8.19. The van der Waals surface area contributed by atoms with Gasteiger partial charge in [0.2, 0.25) is 0 Å². The third kappa shape index (κ3) is 2.87. The molecule has 0 bridgehead atoms. The van der Waals surface area contributed by atoms with Crippen molar-refractivity contribution < 1.29 is 9.59 Å². The van der Waals surface area contributed by atoms with E-state index in [0.717, 1.165) is 31.5 Å². The molecule has 0 atom stereocenters. The van der Waals surface area contributed by atoms with E-state index in [4.69, 9.17) is 0 Å². The van der Waals surface area contributed by atoms with E-state index in [-0.39, 0.29) is 11.8 Å². The van der Waals surface area contributed by atoms with Gasteiger partial charge in [0.25, 0.3) is 11.8 Å². The van der Waals surface area contributed by atoms with Gasteiger partial charge in [-0.25, -0.2) is 4.98 Å². The Kier molecular flexibility index (Phi) is 4.20. The van der Waals surface area contributed by atoms with Crippen LogP contribution in [0.2, 0.25) is 0 Å². The highest BCUT2D eigenvalue weighted by molar-refractivity contribution is 7.07. The van der Waals surface area contributed by atoms with Crippen molar-refractivity contribution in [1.29, 1.82) is 0 Å². The minimum atomic E-state index is -0.255. The van der Waals surface area contributed by atoms with Crippen LogP contribution in [0.3, 0.4) is 0 Å². The lowest BCUT2D eigenvalue weighted by Gasteiger charge is -2.18. The van der Waals surface area contributed by atoms with E-state index < -0.39 is 0 Å². The van der Waals surface area contributed by atoms with Crippen molar-refractivity contribution in [3.63, 3.8) is 0 Å². The van der Waals surface area contributed by atoms with Gasteiger partial charge in [0, 0.05) is 29.7 Å². The fourth-order valence-electron chi connectivity index (χ4n) is 2.60. The summed E-state index contributed by atoms with van der Waals surface area (Å²) in [7, 11) is 0. The third-order valence-electron chi connectivity index (χ3n) is 3.87. The highest BCUT2D eigenvalue weighted by Crippen LogP contribution is 2.22. The molecule has 1 saturated heterocycles. The molecule has 2 heterocycles. The van der Waals surface area contributed by atoms with Crippen LogP contribution in [0, 0.1) is 6.92 Å². The van der Waals surface area contributed by atoms with Crippen LogP contribution < -0.4 is 5.32 Å². The van der Waals surface area contributed by atoms with Crippen molar-refractivity contribution in [2.75, 3.05) is 18.4 Å². The van der Waals surface area contributed by atoms with Crippen LogP contribution in [0.25, 0.3) is 0 Å². The minimum Gasteiger partial charge on any atom is -0.339 e. The van der Waals surface area contributed by atoms with Gasteiger partial charge in [0.1, 0.15) is 5.69 Å². The monoisotopic (exact) mass is 315 g/mol. The summed E-state index contributed by atoms with van der Waals surface area (Å²) in [5, 5.41) is 4.53. The average molecular weight is 315 g/mol. The van der Waals surface area contributed by atoms with Crippen molar-refractivity contribution in [2.24, 2.45) is 0 Å². The van der Waals surface area contributed by atoms with Gasteiger partial charge in [-0.1, -0.05) is 6.07 Å². The molecule has 0 unspecified atom stereocenters. The molecule has 114 valence electrons. The Morgan fingerprint density at radius 1 is 1.27 bits per heavy atom. The molecule has 1 aromatic heterocycles. The SMILES string of the molecule is Cc1c(NC(=O)c2cscn2)cccc1C(=O)N1CCCC1. The Hall–Kier alpha value is -2.21. The third-order valence-corrected chi connectivity index (χ3v) is 4.46. The highest BCUT2D eigenvalue weighted by Gasteiger charge is 2.22. The molecule has 0 aliphatic carbocycles. The van der Waals surface area contributed by atoms with Crippen LogP contribution in [-0.4, -0.2) is 34.8 Å². The topological polar surface area (TPSA) is 62.3 Å². The number of thiazole rings is 1. The van der Waals surface area contributed by atoms with Gasteiger partial charge < -0.3 is 10.2 Å². The maximum Gasteiger partial charge on any atom is 0.275 e. The maximum atomic E-state index is 12.5. The molecule has 6 heteroatoms. The van der Waals surface area contributed by atoms with Crippen LogP contribution in [0.4, 0.5) is 5.69 Å². The molecule has 22 heavy (non-hydrogen) atoms. The second-order valence-corrected chi connectivity index (χ2v) is 6.02. The molecule has 3 rings (SSSR count). The van der Waals surface area contributed by atoms with Crippen LogP contribution in [-0.2, 0) is 0 Å². The molecule has 1 fully saturated rings. The number of rotatable bonds is 3. The Morgan fingerprint density at radius 2 is 2.05 bits per heavy atom. The fraction of sp³-hybridized carbons (Fsp3) is 0.312. The molecular formula is C16H17N3O2S. The number of hydrogen-bond acceptors (Lipinski definition) is 4. The predicted molar refractivity (Wildman–Crippen MR) is 86.4 cm³/mol. The zero-order chi connectivity index (χ0) is 15.5. The van der Waals surface area contributed by atoms with Gasteiger partial charge in [0.05, 0.1) is 5.51 Å². The number of hydrogen-bond donors (Lipinski definition) is 1. The number of benzene rings is 1. The van der Waals surface area contributed by atoms with E-state index in [2.05, 4.69) is 10.3 Å². The molecule has 5 nitrogen and oxygen atoms in total.